The van der Waals surface area contributed by atoms with Gasteiger partial charge in [-0.2, -0.15) is 0 Å². The molecule has 1 heterocycles. The monoisotopic (exact) mass is 348 g/mol. The molecule has 108 valence electrons. The van der Waals surface area contributed by atoms with Gasteiger partial charge in [0.2, 0.25) is 0 Å². The average molecular weight is 349 g/mol. The Morgan fingerprint density at radius 1 is 1.29 bits per heavy atom. The van der Waals surface area contributed by atoms with Crippen molar-refractivity contribution in [3.8, 4) is 0 Å². The van der Waals surface area contributed by atoms with Crippen LogP contribution >= 0.6 is 15.9 Å². The molecule has 3 rings (SSSR count). The van der Waals surface area contributed by atoms with E-state index in [4.69, 9.17) is 5.73 Å². The molecule has 1 aliphatic rings. The quantitative estimate of drug-likeness (QED) is 0.797. The second-order valence-electron chi connectivity index (χ2n) is 5.03. The van der Waals surface area contributed by atoms with E-state index in [0.717, 1.165) is 24.1 Å². The molecule has 0 aliphatic carbocycles. The summed E-state index contributed by atoms with van der Waals surface area (Å²) in [7, 11) is 0. The third kappa shape index (κ3) is 2.53. The van der Waals surface area contributed by atoms with Crippen LogP contribution in [0, 0.1) is 5.82 Å². The van der Waals surface area contributed by atoms with E-state index in [2.05, 4.69) is 15.9 Å². The van der Waals surface area contributed by atoms with Gasteiger partial charge in [-0.05, 0) is 48.7 Å². The average Bonchev–Trinajstić information content (AvgIpc) is 2.46. The van der Waals surface area contributed by atoms with Gasteiger partial charge in [0.05, 0.1) is 5.56 Å². The van der Waals surface area contributed by atoms with E-state index in [1.165, 1.54) is 12.1 Å². The lowest BCUT2D eigenvalue weighted by Gasteiger charge is -2.30. The van der Waals surface area contributed by atoms with Gasteiger partial charge in [0.1, 0.15) is 5.82 Å². The lowest BCUT2D eigenvalue weighted by molar-refractivity contribution is 0.0981. The molecular formula is C16H14BrFN2O. The molecule has 1 aliphatic heterocycles. The van der Waals surface area contributed by atoms with E-state index >= 15 is 0 Å². The Labute approximate surface area is 130 Å². The van der Waals surface area contributed by atoms with Crippen LogP contribution in [0.2, 0.25) is 0 Å². The predicted octanol–water partition coefficient (Wildman–Crippen LogP) is 3.76. The smallest absolute Gasteiger partial charge is 0.261 e. The minimum Gasteiger partial charge on any atom is -0.398 e. The first-order chi connectivity index (χ1) is 10.1. The number of anilines is 2. The van der Waals surface area contributed by atoms with E-state index in [1.807, 2.05) is 18.2 Å². The second-order valence-corrected chi connectivity index (χ2v) is 5.95. The number of rotatable bonds is 1. The third-order valence-corrected chi connectivity index (χ3v) is 4.19. The van der Waals surface area contributed by atoms with E-state index in [0.29, 0.717) is 16.7 Å². The van der Waals surface area contributed by atoms with Crippen LogP contribution in [0.1, 0.15) is 22.3 Å². The van der Waals surface area contributed by atoms with Crippen LogP contribution in [0.4, 0.5) is 15.8 Å². The summed E-state index contributed by atoms with van der Waals surface area (Å²) in [5.41, 5.74) is 8.49. The molecule has 0 aromatic heterocycles. The lowest BCUT2D eigenvalue weighted by atomic mass is 9.99. The van der Waals surface area contributed by atoms with Gasteiger partial charge < -0.3 is 10.6 Å². The highest BCUT2D eigenvalue weighted by Gasteiger charge is 2.26. The van der Waals surface area contributed by atoms with Gasteiger partial charge in [0.25, 0.3) is 5.91 Å². The van der Waals surface area contributed by atoms with Gasteiger partial charge in [0, 0.05) is 22.4 Å². The molecule has 2 aromatic carbocycles. The van der Waals surface area contributed by atoms with E-state index in [1.54, 1.807) is 11.0 Å². The van der Waals surface area contributed by atoms with Crippen LogP contribution in [0.5, 0.6) is 0 Å². The number of halogens is 2. The first kappa shape index (κ1) is 14.1. The minimum atomic E-state index is -0.523. The maximum atomic E-state index is 14.0. The molecule has 2 N–H and O–H groups in total. The van der Waals surface area contributed by atoms with Crippen LogP contribution in [0.25, 0.3) is 0 Å². The number of hydrogen-bond donors (Lipinski definition) is 1. The zero-order chi connectivity index (χ0) is 15.0. The number of fused-ring (bicyclic) bond motifs is 1. The fourth-order valence-corrected chi connectivity index (χ4v) is 3.00. The van der Waals surface area contributed by atoms with Gasteiger partial charge in [-0.1, -0.05) is 22.0 Å². The molecule has 0 saturated heterocycles. The highest BCUT2D eigenvalue weighted by atomic mass is 79.9. The SMILES string of the molecule is Nc1cccc2c1CCCN2C(=O)c1ccc(Br)cc1F. The fourth-order valence-electron chi connectivity index (χ4n) is 2.67. The van der Waals surface area contributed by atoms with Gasteiger partial charge >= 0.3 is 0 Å². The van der Waals surface area contributed by atoms with Crippen molar-refractivity contribution in [1.29, 1.82) is 0 Å². The summed E-state index contributed by atoms with van der Waals surface area (Å²) >= 11 is 3.20. The highest BCUT2D eigenvalue weighted by molar-refractivity contribution is 9.10. The van der Waals surface area contributed by atoms with Gasteiger partial charge in [-0.25, -0.2) is 4.39 Å². The number of nitrogens with two attached hydrogens (primary N) is 1. The maximum absolute atomic E-state index is 14.0. The summed E-state index contributed by atoms with van der Waals surface area (Å²) in [6, 6.07) is 9.98. The molecule has 1 amide bonds. The normalized spacial score (nSPS) is 13.9. The molecule has 2 aromatic rings. The second kappa shape index (κ2) is 5.48. The molecule has 3 nitrogen and oxygen atoms in total. The van der Waals surface area contributed by atoms with Gasteiger partial charge in [0.15, 0.2) is 0 Å². The van der Waals surface area contributed by atoms with Crippen LogP contribution in [-0.4, -0.2) is 12.5 Å². The van der Waals surface area contributed by atoms with Crippen molar-refractivity contribution in [2.75, 3.05) is 17.2 Å². The van der Waals surface area contributed by atoms with Crippen molar-refractivity contribution in [2.24, 2.45) is 0 Å². The number of nitrogen functional groups attached to an aromatic ring is 1. The minimum absolute atomic E-state index is 0.0773. The van der Waals surface area contributed by atoms with Crippen molar-refractivity contribution < 1.29 is 9.18 Å². The first-order valence-corrected chi connectivity index (χ1v) is 7.51. The number of nitrogens with zero attached hydrogens (tertiary/aromatic N) is 1. The van der Waals surface area contributed by atoms with Gasteiger partial charge in [-0.15, -0.1) is 0 Å². The Balaban J connectivity index is 2.02. The van der Waals surface area contributed by atoms with Crippen molar-refractivity contribution in [2.45, 2.75) is 12.8 Å². The van der Waals surface area contributed by atoms with Gasteiger partial charge in [-0.3, -0.25) is 4.79 Å². The zero-order valence-electron chi connectivity index (χ0n) is 11.3. The van der Waals surface area contributed by atoms with Crippen LogP contribution in [-0.2, 0) is 6.42 Å². The summed E-state index contributed by atoms with van der Waals surface area (Å²) < 4.78 is 14.6. The molecule has 0 atom stereocenters. The molecule has 0 spiro atoms. The Kier molecular flexibility index (Phi) is 3.68. The van der Waals surface area contributed by atoms with Crippen LogP contribution < -0.4 is 10.6 Å². The lowest BCUT2D eigenvalue weighted by Crippen LogP contribution is -2.36. The fraction of sp³-hybridized carbons (Fsp3) is 0.188. The topological polar surface area (TPSA) is 46.3 Å². The van der Waals surface area contributed by atoms with Crippen LogP contribution in [0.15, 0.2) is 40.9 Å². The Hall–Kier alpha value is -1.88. The predicted molar refractivity (Wildman–Crippen MR) is 85.0 cm³/mol. The summed E-state index contributed by atoms with van der Waals surface area (Å²) in [5, 5.41) is 0. The van der Waals surface area contributed by atoms with Crippen molar-refractivity contribution >= 4 is 33.2 Å². The summed E-state index contributed by atoms with van der Waals surface area (Å²) in [5.74, 6) is -0.850. The third-order valence-electron chi connectivity index (χ3n) is 3.69. The largest absolute Gasteiger partial charge is 0.398 e. The molecule has 0 bridgehead atoms. The molecular weight excluding hydrogens is 335 g/mol. The summed E-state index contributed by atoms with van der Waals surface area (Å²) in [4.78, 5) is 14.2. The first-order valence-electron chi connectivity index (χ1n) is 6.72. The number of amides is 1. The van der Waals surface area contributed by atoms with Crippen LogP contribution in [0.3, 0.4) is 0 Å². The maximum Gasteiger partial charge on any atom is 0.261 e. The number of hydrogen-bond acceptors (Lipinski definition) is 2. The Morgan fingerprint density at radius 2 is 2.10 bits per heavy atom. The van der Waals surface area contributed by atoms with Crippen molar-refractivity contribution in [3.63, 3.8) is 0 Å². The summed E-state index contributed by atoms with van der Waals surface area (Å²) in [6.45, 7) is 0.574. The number of carbonyl (C=O) groups excluding carboxylic acids is 1. The number of benzene rings is 2. The Bertz CT molecular complexity index is 717. The molecule has 0 fully saturated rings. The molecule has 0 saturated carbocycles. The Morgan fingerprint density at radius 3 is 2.86 bits per heavy atom. The molecule has 5 heteroatoms. The number of carbonyl (C=O) groups is 1. The molecule has 0 unspecified atom stereocenters. The highest BCUT2D eigenvalue weighted by Crippen LogP contribution is 2.32. The van der Waals surface area contributed by atoms with E-state index < -0.39 is 5.82 Å². The van der Waals surface area contributed by atoms with E-state index in [9.17, 15) is 9.18 Å². The van der Waals surface area contributed by atoms with Crippen molar-refractivity contribution in [3.05, 3.63) is 57.8 Å². The van der Waals surface area contributed by atoms with Crippen molar-refractivity contribution in [1.82, 2.24) is 0 Å². The van der Waals surface area contributed by atoms with E-state index in [-0.39, 0.29) is 11.5 Å². The zero-order valence-corrected chi connectivity index (χ0v) is 12.9. The molecule has 0 radical (unpaired) electrons. The summed E-state index contributed by atoms with van der Waals surface area (Å²) in [6.07, 6.45) is 1.67. The standard InChI is InChI=1S/C16H14BrFN2O/c17-10-6-7-11(13(18)9-10)16(21)20-8-2-3-12-14(19)4-1-5-15(12)20/h1,4-7,9H,2-3,8,19H2. The molecule has 21 heavy (non-hydrogen) atoms.